The van der Waals surface area contributed by atoms with Gasteiger partial charge in [-0.15, -0.1) is 0 Å². The molecule has 2 fully saturated rings. The molecule has 1 atom stereocenters. The molecule has 2 saturated heterocycles. The standard InChI is InChI=1S/C19H29N5O2.C2HF3O2/c1-15-13-21-16(14-20-15)18(26)23-9-4-6-19(8-10-23)7-5-17(25)24(19)12-11-22(2)3;3-2(4,5)1(6)7/h13-14H,4-12H2,1-3H3;(H,6,7). The zero-order chi connectivity index (χ0) is 24.8. The summed E-state index contributed by atoms with van der Waals surface area (Å²) < 4.78 is 31.7. The van der Waals surface area contributed by atoms with Crippen LogP contribution in [-0.4, -0.2) is 99.5 Å². The van der Waals surface area contributed by atoms with Crippen LogP contribution in [0.25, 0.3) is 0 Å². The predicted molar refractivity (Wildman–Crippen MR) is 112 cm³/mol. The number of alkyl halides is 3. The van der Waals surface area contributed by atoms with E-state index in [-0.39, 0.29) is 17.4 Å². The van der Waals surface area contributed by atoms with Gasteiger partial charge in [-0.1, -0.05) is 0 Å². The Morgan fingerprint density at radius 3 is 2.36 bits per heavy atom. The molecule has 2 amide bonds. The van der Waals surface area contributed by atoms with Gasteiger partial charge in [0.15, 0.2) is 0 Å². The molecule has 1 aromatic heterocycles. The fourth-order valence-electron chi connectivity index (χ4n) is 4.10. The van der Waals surface area contributed by atoms with E-state index >= 15 is 0 Å². The highest BCUT2D eigenvalue weighted by atomic mass is 19.4. The van der Waals surface area contributed by atoms with Gasteiger partial charge in [0.1, 0.15) is 5.69 Å². The Balaban J connectivity index is 0.000000479. The van der Waals surface area contributed by atoms with Gasteiger partial charge in [-0.2, -0.15) is 13.2 Å². The van der Waals surface area contributed by atoms with Crippen LogP contribution in [0, 0.1) is 6.92 Å². The molecule has 0 saturated carbocycles. The van der Waals surface area contributed by atoms with Crippen molar-refractivity contribution >= 4 is 17.8 Å². The summed E-state index contributed by atoms with van der Waals surface area (Å²) in [4.78, 5) is 48.6. The second kappa shape index (κ2) is 10.9. The van der Waals surface area contributed by atoms with Crippen molar-refractivity contribution in [3.8, 4) is 0 Å². The average molecular weight is 473 g/mol. The molecule has 1 unspecified atom stereocenters. The summed E-state index contributed by atoms with van der Waals surface area (Å²) in [6.45, 7) is 4.88. The van der Waals surface area contributed by atoms with Crippen molar-refractivity contribution in [2.24, 2.45) is 0 Å². The molecule has 33 heavy (non-hydrogen) atoms. The number of hydrogen-bond donors (Lipinski definition) is 1. The Kier molecular flexibility index (Phi) is 8.76. The maximum atomic E-state index is 12.8. The zero-order valence-corrected chi connectivity index (χ0v) is 19.1. The SMILES string of the molecule is Cc1cnc(C(=O)N2CCCC3(CCC(=O)N3CCN(C)C)CC2)cn1.O=C(O)C(F)(F)F. The van der Waals surface area contributed by atoms with Crippen molar-refractivity contribution in [3.63, 3.8) is 0 Å². The van der Waals surface area contributed by atoms with Gasteiger partial charge in [0.2, 0.25) is 5.91 Å². The third kappa shape index (κ3) is 7.11. The van der Waals surface area contributed by atoms with Crippen LogP contribution in [0.2, 0.25) is 0 Å². The van der Waals surface area contributed by atoms with Crippen LogP contribution >= 0.6 is 0 Å². The van der Waals surface area contributed by atoms with Gasteiger partial charge in [0.05, 0.1) is 11.9 Å². The van der Waals surface area contributed by atoms with E-state index in [0.29, 0.717) is 25.2 Å². The number of likely N-dealkylation sites (N-methyl/N-ethyl adjacent to an activating group) is 1. The van der Waals surface area contributed by atoms with E-state index in [1.165, 1.54) is 0 Å². The van der Waals surface area contributed by atoms with E-state index in [4.69, 9.17) is 9.90 Å². The molecule has 2 aliphatic rings. The number of carboxylic acid groups (broad SMARTS) is 1. The van der Waals surface area contributed by atoms with Gasteiger partial charge in [0, 0.05) is 44.3 Å². The van der Waals surface area contributed by atoms with Crippen LogP contribution < -0.4 is 0 Å². The van der Waals surface area contributed by atoms with Gasteiger partial charge >= 0.3 is 12.1 Å². The third-order valence-corrected chi connectivity index (χ3v) is 5.90. The molecule has 0 aliphatic carbocycles. The minimum atomic E-state index is -5.08. The monoisotopic (exact) mass is 473 g/mol. The number of halogens is 3. The van der Waals surface area contributed by atoms with Crippen LogP contribution in [-0.2, 0) is 9.59 Å². The van der Waals surface area contributed by atoms with Crippen LogP contribution in [0.4, 0.5) is 13.2 Å². The third-order valence-electron chi connectivity index (χ3n) is 5.90. The van der Waals surface area contributed by atoms with Crippen LogP contribution in [0.1, 0.15) is 48.3 Å². The molecule has 0 bridgehead atoms. The van der Waals surface area contributed by atoms with Crippen molar-refractivity contribution in [2.45, 2.75) is 50.7 Å². The number of hydrogen-bond acceptors (Lipinski definition) is 6. The summed E-state index contributed by atoms with van der Waals surface area (Å²) in [6, 6.07) is 0. The Morgan fingerprint density at radius 1 is 1.15 bits per heavy atom. The van der Waals surface area contributed by atoms with Crippen molar-refractivity contribution in [2.75, 3.05) is 40.3 Å². The summed E-state index contributed by atoms with van der Waals surface area (Å²) >= 11 is 0. The lowest BCUT2D eigenvalue weighted by atomic mass is 9.87. The number of aliphatic carboxylic acids is 1. The molecular formula is C21H30F3N5O4. The second-order valence-electron chi connectivity index (χ2n) is 8.56. The molecule has 1 aromatic rings. The minimum Gasteiger partial charge on any atom is -0.475 e. The molecule has 0 aromatic carbocycles. The van der Waals surface area contributed by atoms with E-state index in [0.717, 1.165) is 44.5 Å². The molecular weight excluding hydrogens is 443 g/mol. The summed E-state index contributed by atoms with van der Waals surface area (Å²) in [5.74, 6) is -2.55. The first kappa shape index (κ1) is 26.5. The number of carbonyl (C=O) groups excluding carboxylic acids is 2. The van der Waals surface area contributed by atoms with Crippen molar-refractivity contribution < 1.29 is 32.7 Å². The quantitative estimate of drug-likeness (QED) is 0.713. The molecule has 3 rings (SSSR count). The maximum absolute atomic E-state index is 12.8. The molecule has 1 spiro atoms. The van der Waals surface area contributed by atoms with Crippen LogP contribution in [0.15, 0.2) is 12.4 Å². The molecule has 12 heteroatoms. The maximum Gasteiger partial charge on any atom is 0.490 e. The fraction of sp³-hybridized carbons (Fsp3) is 0.667. The van der Waals surface area contributed by atoms with Gasteiger partial charge in [-0.25, -0.2) is 9.78 Å². The lowest BCUT2D eigenvalue weighted by Crippen LogP contribution is -2.49. The zero-order valence-electron chi connectivity index (χ0n) is 19.1. The minimum absolute atomic E-state index is 0.0567. The van der Waals surface area contributed by atoms with E-state index in [2.05, 4.69) is 19.8 Å². The number of aromatic nitrogens is 2. The summed E-state index contributed by atoms with van der Waals surface area (Å²) in [5, 5.41) is 7.12. The van der Waals surface area contributed by atoms with Gasteiger partial charge in [0.25, 0.3) is 5.91 Å². The number of likely N-dealkylation sites (tertiary alicyclic amines) is 2. The molecule has 0 radical (unpaired) electrons. The number of carboxylic acids is 1. The van der Waals surface area contributed by atoms with E-state index in [1.807, 2.05) is 25.9 Å². The largest absolute Gasteiger partial charge is 0.490 e. The normalized spacial score (nSPS) is 21.1. The number of amides is 2. The lowest BCUT2D eigenvalue weighted by Gasteiger charge is -2.38. The highest BCUT2D eigenvalue weighted by Gasteiger charge is 2.45. The van der Waals surface area contributed by atoms with Crippen molar-refractivity contribution in [3.05, 3.63) is 23.8 Å². The van der Waals surface area contributed by atoms with E-state index < -0.39 is 12.1 Å². The van der Waals surface area contributed by atoms with E-state index in [9.17, 15) is 22.8 Å². The van der Waals surface area contributed by atoms with Crippen molar-refractivity contribution in [1.29, 1.82) is 0 Å². The smallest absolute Gasteiger partial charge is 0.475 e. The van der Waals surface area contributed by atoms with Crippen LogP contribution in [0.5, 0.6) is 0 Å². The predicted octanol–water partition coefficient (Wildman–Crippen LogP) is 1.97. The fourth-order valence-corrected chi connectivity index (χ4v) is 4.10. The first-order valence-electron chi connectivity index (χ1n) is 10.7. The Hall–Kier alpha value is -2.76. The number of rotatable bonds is 4. The highest BCUT2D eigenvalue weighted by Crippen LogP contribution is 2.39. The average Bonchev–Trinajstić information content (AvgIpc) is 2.89. The number of nitrogens with zero attached hydrogens (tertiary/aromatic N) is 5. The molecule has 184 valence electrons. The highest BCUT2D eigenvalue weighted by molar-refractivity contribution is 5.92. The van der Waals surface area contributed by atoms with Crippen LogP contribution in [0.3, 0.4) is 0 Å². The topological polar surface area (TPSA) is 107 Å². The van der Waals surface area contributed by atoms with E-state index in [1.54, 1.807) is 12.4 Å². The Morgan fingerprint density at radius 2 is 1.82 bits per heavy atom. The molecule has 2 aliphatic heterocycles. The summed E-state index contributed by atoms with van der Waals surface area (Å²) in [6.07, 6.45) is 2.37. The van der Waals surface area contributed by atoms with Gasteiger partial charge in [-0.05, 0) is 46.7 Å². The number of carbonyl (C=O) groups is 3. The number of aryl methyl sites for hydroxylation is 1. The van der Waals surface area contributed by atoms with Gasteiger partial charge < -0.3 is 19.8 Å². The Labute approximate surface area is 190 Å². The summed E-state index contributed by atoms with van der Waals surface area (Å²) in [5.41, 5.74) is 1.12. The molecule has 9 nitrogen and oxygen atoms in total. The first-order valence-corrected chi connectivity index (χ1v) is 10.7. The lowest BCUT2D eigenvalue weighted by molar-refractivity contribution is -0.192. The Bertz CT molecular complexity index is 847. The molecule has 1 N–H and O–H groups in total. The summed E-state index contributed by atoms with van der Waals surface area (Å²) in [7, 11) is 4.06. The first-order chi connectivity index (χ1) is 15.4. The molecule has 3 heterocycles. The van der Waals surface area contributed by atoms with Crippen molar-refractivity contribution in [1.82, 2.24) is 24.7 Å². The second-order valence-corrected chi connectivity index (χ2v) is 8.56. The van der Waals surface area contributed by atoms with Gasteiger partial charge in [-0.3, -0.25) is 14.6 Å².